The van der Waals surface area contributed by atoms with E-state index in [1.165, 1.54) is 48.0 Å². The van der Waals surface area contributed by atoms with Crippen LogP contribution in [0.1, 0.15) is 34.1 Å². The monoisotopic (exact) mass is 1400 g/mol. The normalized spacial score (nSPS) is 12.7. The standard InChI is InChI=1S/C18H16BrFN4O.C10H14N2O.C8H3BrClFN2.C7H5BrFNO.C7H6FNO2.C3H8IO/c19-15-5-6-16-14(17(15)20)11-21-18(23-16)22-12-1-3-13(4-2-12)24-7-9-25-10-8-24;11-9-1-3-10(4-2-9)12-5-7-13-8-6-12;9-5-1-2-6-4(7(5)11)3-12-8(10)13-6;8-5-1-2-6(10)4(3-11)7(5)9;8-4-2-1-3-5(9)6(4)7(10)11;1-2-3-4-5/h1-6,11H,7-10H2,(H,21,22,23);1-4H,5-8,11H2;1-3H;1-3H,10H2;1-3H,9H2,(H,10,11);5H,2-3H2,1H3/q;;;;;-1. The molecule has 10 rings (SSSR count). The van der Waals surface area contributed by atoms with Crippen LogP contribution >= 0.6 is 59.4 Å². The summed E-state index contributed by atoms with van der Waals surface area (Å²) in [5.41, 5.74) is 20.8. The second-order valence-electron chi connectivity index (χ2n) is 16.2. The average molecular weight is 1400 g/mol. The van der Waals surface area contributed by atoms with Gasteiger partial charge in [0.25, 0.3) is 0 Å². The molecule has 0 amide bonds. The van der Waals surface area contributed by atoms with Crippen LogP contribution in [0.25, 0.3) is 21.8 Å². The van der Waals surface area contributed by atoms with Crippen LogP contribution in [0.3, 0.4) is 0 Å². The van der Waals surface area contributed by atoms with Gasteiger partial charge in [-0.05, 0) is 156 Å². The first-order chi connectivity index (χ1) is 37.4. The molecule has 2 aromatic heterocycles. The molecule has 2 fully saturated rings. The number of alkyl halides is 1. The summed E-state index contributed by atoms with van der Waals surface area (Å²) in [4.78, 5) is 41.3. The molecule has 8 aromatic rings. The van der Waals surface area contributed by atoms with E-state index in [4.69, 9.17) is 46.8 Å². The maximum Gasteiger partial charge on any atom is 0.340 e. The van der Waals surface area contributed by atoms with Crippen molar-refractivity contribution in [1.82, 2.24) is 19.9 Å². The van der Waals surface area contributed by atoms with Gasteiger partial charge >= 0.3 is 48.8 Å². The number of hydrogen-bond acceptors (Lipinski definition) is 15. The van der Waals surface area contributed by atoms with E-state index in [9.17, 15) is 27.2 Å². The number of nitrogen functional groups attached to an aromatic ring is 3. The summed E-state index contributed by atoms with van der Waals surface area (Å²) in [7, 11) is 0. The van der Waals surface area contributed by atoms with Gasteiger partial charge < -0.3 is 46.9 Å². The largest absolute Gasteiger partial charge is 0.478 e. The molecule has 78 heavy (non-hydrogen) atoms. The van der Waals surface area contributed by atoms with Crippen LogP contribution in [-0.2, 0) is 9.47 Å². The Bertz CT molecular complexity index is 3230. The van der Waals surface area contributed by atoms with Crippen LogP contribution in [0.2, 0.25) is 5.28 Å². The predicted molar refractivity (Wildman–Crippen MR) is 305 cm³/mol. The van der Waals surface area contributed by atoms with Crippen molar-refractivity contribution in [1.29, 1.82) is 0 Å². The van der Waals surface area contributed by atoms with E-state index < -0.39 is 44.8 Å². The number of nitrogens with one attached hydrogen (secondary N) is 1. The average Bonchev–Trinajstić information content (AvgIpc) is 3.48. The van der Waals surface area contributed by atoms with Gasteiger partial charge in [0.05, 0.1) is 67.2 Å². The van der Waals surface area contributed by atoms with Gasteiger partial charge in [-0.15, -0.1) is 0 Å². The number of carbonyl (C=O) groups is 2. The minimum atomic E-state index is -1.35. The van der Waals surface area contributed by atoms with E-state index in [1.807, 2.05) is 24.3 Å². The molecule has 2 aliphatic heterocycles. The number of aromatic carboxylic acids is 1. The number of aromatic nitrogens is 4. The van der Waals surface area contributed by atoms with Crippen molar-refractivity contribution in [3.63, 3.8) is 0 Å². The molecule has 6 aromatic carbocycles. The Balaban J connectivity index is 0.000000183. The van der Waals surface area contributed by atoms with Crippen LogP contribution in [0.4, 0.5) is 57.6 Å². The van der Waals surface area contributed by atoms with Gasteiger partial charge in [0, 0.05) is 72.7 Å². The number of rotatable bonds is 8. The smallest absolute Gasteiger partial charge is 0.340 e. The van der Waals surface area contributed by atoms with Crippen molar-refractivity contribution in [2.24, 2.45) is 0 Å². The molecule has 0 spiro atoms. The van der Waals surface area contributed by atoms with Crippen molar-refractivity contribution >= 4 is 134 Å². The Morgan fingerprint density at radius 3 is 1.67 bits per heavy atom. The Labute approximate surface area is 487 Å². The van der Waals surface area contributed by atoms with Crippen molar-refractivity contribution in [2.45, 2.75) is 13.3 Å². The molecule has 25 heteroatoms. The third-order valence-corrected chi connectivity index (χ3v) is 14.4. The maximum absolute atomic E-state index is 14.0. The summed E-state index contributed by atoms with van der Waals surface area (Å²) in [6, 6.07) is 29.4. The van der Waals surface area contributed by atoms with E-state index in [1.54, 1.807) is 24.3 Å². The molecule has 0 saturated carbocycles. The molecular formula is C53H52Br3ClF4IN10O6-. The summed E-state index contributed by atoms with van der Waals surface area (Å²) < 4.78 is 73.9. The predicted octanol–water partition coefficient (Wildman–Crippen LogP) is 8.88. The minimum Gasteiger partial charge on any atom is -0.478 e. The number of anilines is 7. The number of fused-ring (bicyclic) bond motifs is 2. The first kappa shape index (κ1) is 62.8. The van der Waals surface area contributed by atoms with Crippen molar-refractivity contribution in [3.8, 4) is 0 Å². The number of benzene rings is 6. The van der Waals surface area contributed by atoms with Crippen molar-refractivity contribution in [3.05, 3.63) is 169 Å². The van der Waals surface area contributed by atoms with Crippen LogP contribution in [-0.4, -0.2) is 97.8 Å². The molecule has 0 bridgehead atoms. The molecule has 414 valence electrons. The molecule has 0 aliphatic carbocycles. The molecule has 16 nitrogen and oxygen atoms in total. The SMILES string of the molecule is CCC[I-]O.Fc1c(Br)ccc2nc(Cl)ncc12.Fc1c(Br)ccc2nc(Nc3ccc(N4CCOCC4)cc3)ncc12.Nc1ccc(Br)c(F)c1C=O.Nc1ccc(N2CCOCC2)cc1.Nc1cccc(F)c1C(=O)O. The van der Waals surface area contributed by atoms with E-state index in [2.05, 4.69) is 114 Å². The molecule has 2 aliphatic rings. The molecule has 2 saturated heterocycles. The van der Waals surface area contributed by atoms with E-state index in [0.29, 0.717) is 43.0 Å². The zero-order valence-electron chi connectivity index (χ0n) is 41.5. The molecule has 0 radical (unpaired) electrons. The van der Waals surface area contributed by atoms with Crippen molar-refractivity contribution in [2.75, 3.05) is 89.4 Å². The summed E-state index contributed by atoms with van der Waals surface area (Å²) in [5.74, 6) is -3.04. The van der Waals surface area contributed by atoms with Gasteiger partial charge in [-0.2, -0.15) is 0 Å². The zero-order valence-corrected chi connectivity index (χ0v) is 49.1. The first-order valence-electron chi connectivity index (χ1n) is 23.4. The number of nitrogens with two attached hydrogens (primary N) is 3. The first-order valence-corrected chi connectivity index (χ1v) is 28.6. The second kappa shape index (κ2) is 32.2. The van der Waals surface area contributed by atoms with Gasteiger partial charge in [0.15, 0.2) is 6.29 Å². The minimum absolute atomic E-state index is 0.0579. The third kappa shape index (κ3) is 18.8. The van der Waals surface area contributed by atoms with Gasteiger partial charge in [0.1, 0.15) is 28.8 Å². The van der Waals surface area contributed by atoms with E-state index in [0.717, 1.165) is 80.9 Å². The Hall–Kier alpha value is -6.00. The van der Waals surface area contributed by atoms with Gasteiger partial charge in [-0.1, -0.05) is 6.07 Å². The van der Waals surface area contributed by atoms with Gasteiger partial charge in [-0.25, -0.2) is 42.3 Å². The fraction of sp³-hybridized carbons (Fsp3) is 0.208. The number of halogens is 9. The van der Waals surface area contributed by atoms with Crippen LogP contribution in [0, 0.1) is 23.3 Å². The topological polar surface area (TPSA) is 241 Å². The summed E-state index contributed by atoms with van der Waals surface area (Å²) in [5, 5.41) is 12.5. The quantitative estimate of drug-likeness (QED) is 0.0208. The maximum atomic E-state index is 14.0. The van der Waals surface area contributed by atoms with Crippen LogP contribution in [0.15, 0.2) is 129 Å². The summed E-state index contributed by atoms with van der Waals surface area (Å²) in [6.45, 7) is 9.01. The van der Waals surface area contributed by atoms with E-state index >= 15 is 0 Å². The fourth-order valence-corrected chi connectivity index (χ4v) is 8.55. The van der Waals surface area contributed by atoms with E-state index in [-0.39, 0.29) is 38.3 Å². The zero-order chi connectivity index (χ0) is 56.7. The number of morpholine rings is 2. The number of hydrogen-bond donors (Lipinski definition) is 6. The molecule has 0 unspecified atom stereocenters. The molecule has 9 N–H and O–H groups in total. The van der Waals surface area contributed by atoms with Crippen LogP contribution in [0.5, 0.6) is 0 Å². The molecule has 4 heterocycles. The number of nitrogens with zero attached hydrogens (tertiary/aromatic N) is 6. The van der Waals surface area contributed by atoms with Crippen molar-refractivity contribution < 1.29 is 66.8 Å². The Morgan fingerprint density at radius 2 is 1.21 bits per heavy atom. The number of carboxylic acid groups (broad SMARTS) is 1. The van der Waals surface area contributed by atoms with Gasteiger partial charge in [-0.3, -0.25) is 4.79 Å². The van der Waals surface area contributed by atoms with Crippen LogP contribution < -0.4 is 53.9 Å². The third-order valence-electron chi connectivity index (χ3n) is 10.9. The number of carboxylic acids is 1. The number of carbonyl (C=O) groups excluding carboxylic acids is 1. The Kier molecular flexibility index (Phi) is 25.9. The molecular weight excluding hydrogens is 1350 g/mol. The van der Waals surface area contributed by atoms with Gasteiger partial charge in [0.2, 0.25) is 11.2 Å². The number of ether oxygens (including phenoxy) is 2. The number of aldehydes is 1. The molecule has 0 atom stereocenters. The summed E-state index contributed by atoms with van der Waals surface area (Å²) >= 11 is 14.3. The fourth-order valence-electron chi connectivity index (χ4n) is 6.89. The second-order valence-corrected chi connectivity index (χ2v) is 20.8. The Morgan fingerprint density at radius 1 is 0.705 bits per heavy atom. The summed E-state index contributed by atoms with van der Waals surface area (Å²) in [6.07, 6.45) is 4.40.